The minimum absolute atomic E-state index is 0.364. The molecule has 0 saturated carbocycles. The molecule has 1 unspecified atom stereocenters. The van der Waals surface area contributed by atoms with Crippen molar-refractivity contribution < 1.29 is 9.59 Å². The zero-order chi connectivity index (χ0) is 20.0. The SMILES string of the molecule is CCn1c(Cc2ccccc2)nnc1SC(C)C(=O)NC(=O)NC(C)(C)C. The molecule has 2 rings (SSSR count). The average Bonchev–Trinajstić information content (AvgIpc) is 2.95. The molecule has 7 nitrogen and oxygen atoms in total. The summed E-state index contributed by atoms with van der Waals surface area (Å²) in [5.41, 5.74) is 0.746. The molecule has 1 aromatic heterocycles. The van der Waals surface area contributed by atoms with Gasteiger partial charge in [-0.15, -0.1) is 10.2 Å². The molecule has 146 valence electrons. The molecule has 0 fully saturated rings. The van der Waals surface area contributed by atoms with Crippen molar-refractivity contribution in [2.24, 2.45) is 0 Å². The first kappa shape index (κ1) is 21.0. The summed E-state index contributed by atoms with van der Waals surface area (Å²) >= 11 is 1.29. The summed E-state index contributed by atoms with van der Waals surface area (Å²) in [5, 5.41) is 13.8. The van der Waals surface area contributed by atoms with E-state index in [0.717, 1.165) is 11.4 Å². The van der Waals surface area contributed by atoms with Crippen LogP contribution in [-0.4, -0.2) is 37.5 Å². The van der Waals surface area contributed by atoms with Crippen LogP contribution in [0.25, 0.3) is 0 Å². The molecule has 0 saturated heterocycles. The molecule has 0 aliphatic carbocycles. The number of amides is 3. The molecule has 1 heterocycles. The van der Waals surface area contributed by atoms with Gasteiger partial charge in [0.15, 0.2) is 5.16 Å². The van der Waals surface area contributed by atoms with Crippen LogP contribution < -0.4 is 10.6 Å². The Kier molecular flexibility index (Phi) is 7.01. The highest BCUT2D eigenvalue weighted by Crippen LogP contribution is 2.23. The van der Waals surface area contributed by atoms with Gasteiger partial charge in [0.05, 0.1) is 5.25 Å². The van der Waals surface area contributed by atoms with Gasteiger partial charge >= 0.3 is 6.03 Å². The summed E-state index contributed by atoms with van der Waals surface area (Å²) in [6.45, 7) is 10.0. The highest BCUT2D eigenvalue weighted by atomic mass is 32.2. The lowest BCUT2D eigenvalue weighted by molar-refractivity contribution is -0.119. The third kappa shape index (κ3) is 6.39. The number of imide groups is 1. The topological polar surface area (TPSA) is 88.9 Å². The summed E-state index contributed by atoms with van der Waals surface area (Å²) < 4.78 is 2.00. The maximum Gasteiger partial charge on any atom is 0.321 e. The summed E-state index contributed by atoms with van der Waals surface area (Å²) in [6.07, 6.45) is 0.677. The number of nitrogens with zero attached hydrogens (tertiary/aromatic N) is 3. The normalized spacial score (nSPS) is 12.5. The second-order valence-corrected chi connectivity index (χ2v) is 8.57. The van der Waals surface area contributed by atoms with Crippen LogP contribution >= 0.6 is 11.8 Å². The van der Waals surface area contributed by atoms with Gasteiger partial charge < -0.3 is 9.88 Å². The predicted octanol–water partition coefficient (Wildman–Crippen LogP) is 2.99. The van der Waals surface area contributed by atoms with Crippen LogP contribution in [0.1, 0.15) is 46.0 Å². The van der Waals surface area contributed by atoms with E-state index in [9.17, 15) is 9.59 Å². The lowest BCUT2D eigenvalue weighted by atomic mass is 10.1. The molecule has 1 aromatic carbocycles. The lowest BCUT2D eigenvalue weighted by Crippen LogP contribution is -2.49. The summed E-state index contributed by atoms with van der Waals surface area (Å²) in [4.78, 5) is 24.2. The second kappa shape index (κ2) is 9.03. The van der Waals surface area contributed by atoms with Crippen molar-refractivity contribution >= 4 is 23.7 Å². The number of hydrogen-bond acceptors (Lipinski definition) is 5. The van der Waals surface area contributed by atoms with Gasteiger partial charge in [-0.3, -0.25) is 10.1 Å². The Morgan fingerprint density at radius 3 is 2.44 bits per heavy atom. The van der Waals surface area contributed by atoms with Crippen molar-refractivity contribution in [2.75, 3.05) is 0 Å². The molecule has 0 aliphatic heterocycles. The molecule has 3 amide bonds. The number of hydrogen-bond donors (Lipinski definition) is 2. The molecule has 0 aliphatic rings. The molecule has 2 aromatic rings. The summed E-state index contributed by atoms with van der Waals surface area (Å²) in [7, 11) is 0. The number of rotatable bonds is 6. The highest BCUT2D eigenvalue weighted by Gasteiger charge is 2.22. The zero-order valence-electron chi connectivity index (χ0n) is 16.4. The van der Waals surface area contributed by atoms with E-state index in [0.29, 0.717) is 18.1 Å². The number of thioether (sulfide) groups is 1. The maximum atomic E-state index is 12.3. The van der Waals surface area contributed by atoms with Gasteiger partial charge in [0, 0.05) is 18.5 Å². The molecule has 0 bridgehead atoms. The van der Waals surface area contributed by atoms with E-state index >= 15 is 0 Å². The molecule has 8 heteroatoms. The number of carbonyl (C=O) groups excluding carboxylic acids is 2. The van der Waals surface area contributed by atoms with E-state index in [1.54, 1.807) is 6.92 Å². The van der Waals surface area contributed by atoms with Crippen LogP contribution in [-0.2, 0) is 17.8 Å². The Morgan fingerprint density at radius 1 is 1.19 bits per heavy atom. The van der Waals surface area contributed by atoms with E-state index < -0.39 is 16.8 Å². The standard InChI is InChI=1S/C19H27N5O2S/c1-6-24-15(12-14-10-8-7-9-11-14)22-23-18(24)27-13(2)16(25)20-17(26)21-19(3,4)5/h7-11,13H,6,12H2,1-5H3,(H2,20,21,25,26). The predicted molar refractivity (Wildman–Crippen MR) is 107 cm³/mol. The minimum atomic E-state index is -0.498. The van der Waals surface area contributed by atoms with E-state index in [-0.39, 0.29) is 5.91 Å². The average molecular weight is 390 g/mol. The number of aromatic nitrogens is 3. The summed E-state index contributed by atoms with van der Waals surface area (Å²) in [5.74, 6) is 0.487. The van der Waals surface area contributed by atoms with Gasteiger partial charge in [0.25, 0.3) is 0 Å². The molecule has 0 spiro atoms. The third-order valence-corrected chi connectivity index (χ3v) is 4.77. The molecule has 0 radical (unpaired) electrons. The van der Waals surface area contributed by atoms with Crippen molar-refractivity contribution in [1.82, 2.24) is 25.4 Å². The molecule has 1 atom stereocenters. The quantitative estimate of drug-likeness (QED) is 0.742. The van der Waals surface area contributed by atoms with Gasteiger partial charge in [-0.25, -0.2) is 4.79 Å². The van der Waals surface area contributed by atoms with Crippen molar-refractivity contribution in [3.63, 3.8) is 0 Å². The van der Waals surface area contributed by atoms with Gasteiger partial charge in [0.2, 0.25) is 5.91 Å². The Morgan fingerprint density at radius 2 is 1.85 bits per heavy atom. The Labute approximate surface area is 164 Å². The number of urea groups is 1. The second-order valence-electron chi connectivity index (χ2n) is 7.26. The van der Waals surface area contributed by atoms with Crippen LogP contribution in [0.4, 0.5) is 4.79 Å². The Hall–Kier alpha value is -2.35. The lowest BCUT2D eigenvalue weighted by Gasteiger charge is -2.21. The summed E-state index contributed by atoms with van der Waals surface area (Å²) in [6, 6.07) is 9.56. The Bertz CT molecular complexity index is 783. The highest BCUT2D eigenvalue weighted by molar-refractivity contribution is 8.00. The van der Waals surface area contributed by atoms with Crippen LogP contribution in [0.3, 0.4) is 0 Å². The fourth-order valence-electron chi connectivity index (χ4n) is 2.43. The monoisotopic (exact) mass is 389 g/mol. The van der Waals surface area contributed by atoms with Crippen LogP contribution in [0.15, 0.2) is 35.5 Å². The van der Waals surface area contributed by atoms with Gasteiger partial charge in [-0.05, 0) is 40.2 Å². The van der Waals surface area contributed by atoms with Crippen molar-refractivity contribution in [1.29, 1.82) is 0 Å². The largest absolute Gasteiger partial charge is 0.333 e. The first-order chi connectivity index (χ1) is 12.7. The van der Waals surface area contributed by atoms with Crippen LogP contribution in [0.2, 0.25) is 0 Å². The van der Waals surface area contributed by atoms with E-state index in [1.165, 1.54) is 11.8 Å². The van der Waals surface area contributed by atoms with Crippen molar-refractivity contribution in [3.8, 4) is 0 Å². The van der Waals surface area contributed by atoms with Crippen molar-refractivity contribution in [3.05, 3.63) is 41.7 Å². The van der Waals surface area contributed by atoms with Gasteiger partial charge in [-0.1, -0.05) is 42.1 Å². The third-order valence-electron chi connectivity index (χ3n) is 3.69. The fraction of sp³-hybridized carbons (Fsp3) is 0.474. The van der Waals surface area contributed by atoms with Crippen LogP contribution in [0, 0.1) is 0 Å². The van der Waals surface area contributed by atoms with E-state index in [4.69, 9.17) is 0 Å². The van der Waals surface area contributed by atoms with Crippen molar-refractivity contribution in [2.45, 2.75) is 63.5 Å². The Balaban J connectivity index is 2.02. The number of carbonyl (C=O) groups is 2. The first-order valence-corrected chi connectivity index (χ1v) is 9.83. The maximum absolute atomic E-state index is 12.3. The first-order valence-electron chi connectivity index (χ1n) is 8.95. The number of nitrogens with one attached hydrogen (secondary N) is 2. The molecular weight excluding hydrogens is 362 g/mol. The molecular formula is C19H27N5O2S. The minimum Gasteiger partial charge on any atom is -0.333 e. The van der Waals surface area contributed by atoms with E-state index in [2.05, 4.69) is 20.8 Å². The smallest absolute Gasteiger partial charge is 0.321 e. The zero-order valence-corrected chi connectivity index (χ0v) is 17.3. The van der Waals surface area contributed by atoms with E-state index in [1.807, 2.05) is 62.6 Å². The fourth-order valence-corrected chi connectivity index (χ4v) is 3.36. The molecule has 27 heavy (non-hydrogen) atoms. The van der Waals surface area contributed by atoms with Gasteiger partial charge in [0.1, 0.15) is 5.82 Å². The van der Waals surface area contributed by atoms with Gasteiger partial charge in [-0.2, -0.15) is 0 Å². The number of benzene rings is 1. The molecule has 2 N–H and O–H groups in total. The van der Waals surface area contributed by atoms with Crippen LogP contribution in [0.5, 0.6) is 0 Å².